The third-order valence-electron chi connectivity index (χ3n) is 4.70. The third kappa shape index (κ3) is 3.89. The molecular weight excluding hydrogens is 380 g/mol. The van der Waals surface area contributed by atoms with Crippen LogP contribution < -0.4 is 15.4 Å². The van der Waals surface area contributed by atoms with Crippen molar-refractivity contribution in [2.24, 2.45) is 0 Å². The Kier molecular flexibility index (Phi) is 5.22. The topological polar surface area (TPSA) is 80.6 Å². The number of ether oxygens (including phenoxy) is 1. The van der Waals surface area contributed by atoms with Gasteiger partial charge in [-0.1, -0.05) is 29.8 Å². The van der Waals surface area contributed by atoms with Crippen molar-refractivity contribution in [1.82, 2.24) is 0 Å². The molecule has 0 aliphatic carbocycles. The summed E-state index contributed by atoms with van der Waals surface area (Å²) >= 11 is 0. The summed E-state index contributed by atoms with van der Waals surface area (Å²) in [4.78, 5) is 25.7. The molecule has 0 saturated carbocycles. The largest absolute Gasteiger partial charge is 0.497 e. The third-order valence-corrected chi connectivity index (χ3v) is 4.70. The second-order valence-electron chi connectivity index (χ2n) is 6.81. The Bertz CT molecular complexity index is 1210. The minimum Gasteiger partial charge on any atom is -0.497 e. The molecule has 0 aliphatic rings. The SMILES string of the molecule is COc1ccc(C(=O)Nc2c(C(=O)Nc3ccc(C)cc3)oc3ccccc23)cc1. The van der Waals surface area contributed by atoms with Crippen LogP contribution in [-0.2, 0) is 0 Å². The van der Waals surface area contributed by atoms with E-state index in [0.717, 1.165) is 5.56 Å². The molecule has 0 bridgehead atoms. The molecule has 1 aromatic heterocycles. The Morgan fingerprint density at radius 2 is 1.53 bits per heavy atom. The number of anilines is 2. The molecule has 150 valence electrons. The summed E-state index contributed by atoms with van der Waals surface area (Å²) < 4.78 is 10.9. The number of hydrogen-bond acceptors (Lipinski definition) is 4. The van der Waals surface area contributed by atoms with Crippen molar-refractivity contribution in [3.8, 4) is 5.75 Å². The van der Waals surface area contributed by atoms with Gasteiger partial charge in [0.05, 0.1) is 7.11 Å². The highest BCUT2D eigenvalue weighted by Crippen LogP contribution is 2.32. The van der Waals surface area contributed by atoms with Gasteiger partial charge in [-0.3, -0.25) is 9.59 Å². The Morgan fingerprint density at radius 1 is 0.833 bits per heavy atom. The van der Waals surface area contributed by atoms with Crippen LogP contribution in [0.5, 0.6) is 5.75 Å². The first-order chi connectivity index (χ1) is 14.5. The van der Waals surface area contributed by atoms with Crippen molar-refractivity contribution in [2.75, 3.05) is 17.7 Å². The van der Waals surface area contributed by atoms with E-state index in [0.29, 0.717) is 33.7 Å². The molecule has 4 aromatic rings. The van der Waals surface area contributed by atoms with Gasteiger partial charge in [0.1, 0.15) is 17.0 Å². The zero-order chi connectivity index (χ0) is 21.1. The second kappa shape index (κ2) is 8.13. The van der Waals surface area contributed by atoms with Crippen molar-refractivity contribution in [2.45, 2.75) is 6.92 Å². The van der Waals surface area contributed by atoms with Gasteiger partial charge in [0.25, 0.3) is 11.8 Å². The highest BCUT2D eigenvalue weighted by molar-refractivity contribution is 6.16. The maximum Gasteiger partial charge on any atom is 0.293 e. The number of benzene rings is 3. The normalized spacial score (nSPS) is 10.6. The number of carbonyl (C=O) groups is 2. The summed E-state index contributed by atoms with van der Waals surface area (Å²) in [5.74, 6) is -0.106. The van der Waals surface area contributed by atoms with Gasteiger partial charge in [-0.05, 0) is 55.5 Å². The molecule has 1 heterocycles. The Labute approximate surface area is 173 Å². The Morgan fingerprint density at radius 3 is 2.23 bits per heavy atom. The summed E-state index contributed by atoms with van der Waals surface area (Å²) in [7, 11) is 1.56. The van der Waals surface area contributed by atoms with Crippen LogP contribution in [0.4, 0.5) is 11.4 Å². The number of hydrogen-bond donors (Lipinski definition) is 2. The Hall–Kier alpha value is -4.06. The van der Waals surface area contributed by atoms with E-state index < -0.39 is 5.91 Å². The number of amides is 2. The highest BCUT2D eigenvalue weighted by Gasteiger charge is 2.23. The van der Waals surface area contributed by atoms with Crippen LogP contribution in [0.25, 0.3) is 11.0 Å². The van der Waals surface area contributed by atoms with Gasteiger partial charge in [-0.15, -0.1) is 0 Å². The summed E-state index contributed by atoms with van der Waals surface area (Å²) in [6.07, 6.45) is 0. The Balaban J connectivity index is 1.66. The fourth-order valence-electron chi connectivity index (χ4n) is 3.08. The number of aryl methyl sites for hydroxylation is 1. The fraction of sp³-hybridized carbons (Fsp3) is 0.0833. The molecule has 2 amide bonds. The zero-order valence-corrected chi connectivity index (χ0v) is 16.6. The summed E-state index contributed by atoms with van der Waals surface area (Å²) in [5, 5.41) is 6.29. The number of fused-ring (bicyclic) bond motifs is 1. The molecule has 6 nitrogen and oxygen atoms in total. The number of furan rings is 1. The molecule has 2 N–H and O–H groups in total. The lowest BCUT2D eigenvalue weighted by molar-refractivity contribution is 0.0999. The number of para-hydroxylation sites is 1. The molecule has 3 aromatic carbocycles. The molecule has 6 heteroatoms. The molecule has 0 aliphatic heterocycles. The first-order valence-electron chi connectivity index (χ1n) is 9.40. The minimum absolute atomic E-state index is 0.0404. The summed E-state index contributed by atoms with van der Waals surface area (Å²) in [6.45, 7) is 1.97. The van der Waals surface area contributed by atoms with Crippen LogP contribution >= 0.6 is 0 Å². The zero-order valence-electron chi connectivity index (χ0n) is 16.6. The minimum atomic E-state index is -0.444. The van der Waals surface area contributed by atoms with E-state index in [1.54, 1.807) is 43.5 Å². The molecule has 0 saturated heterocycles. The first kappa shape index (κ1) is 19.3. The molecule has 4 rings (SSSR count). The van der Waals surface area contributed by atoms with E-state index in [4.69, 9.17) is 9.15 Å². The average Bonchev–Trinajstić information content (AvgIpc) is 3.14. The lowest BCUT2D eigenvalue weighted by atomic mass is 10.1. The van der Waals surface area contributed by atoms with Crippen LogP contribution in [0, 0.1) is 6.92 Å². The molecule has 30 heavy (non-hydrogen) atoms. The predicted molar refractivity (Wildman–Crippen MR) is 116 cm³/mol. The van der Waals surface area contributed by atoms with Gasteiger partial charge in [0.2, 0.25) is 5.76 Å². The van der Waals surface area contributed by atoms with Crippen LogP contribution in [0.15, 0.2) is 77.2 Å². The molecule has 0 spiro atoms. The van der Waals surface area contributed by atoms with Crippen molar-refractivity contribution >= 4 is 34.2 Å². The molecule has 0 radical (unpaired) electrons. The van der Waals surface area contributed by atoms with Crippen LogP contribution in [0.3, 0.4) is 0 Å². The molecule has 0 fully saturated rings. The van der Waals surface area contributed by atoms with E-state index >= 15 is 0 Å². The van der Waals surface area contributed by atoms with Gasteiger partial charge in [-0.25, -0.2) is 0 Å². The van der Waals surface area contributed by atoms with Gasteiger partial charge in [0.15, 0.2) is 0 Å². The number of rotatable bonds is 5. The highest BCUT2D eigenvalue weighted by atomic mass is 16.5. The van der Waals surface area contributed by atoms with Gasteiger partial charge < -0.3 is 19.8 Å². The van der Waals surface area contributed by atoms with Gasteiger partial charge >= 0.3 is 0 Å². The van der Waals surface area contributed by atoms with E-state index in [9.17, 15) is 9.59 Å². The smallest absolute Gasteiger partial charge is 0.293 e. The summed E-state index contributed by atoms with van der Waals surface area (Å²) in [6, 6.07) is 21.3. The second-order valence-corrected chi connectivity index (χ2v) is 6.81. The fourth-order valence-corrected chi connectivity index (χ4v) is 3.08. The lowest BCUT2D eigenvalue weighted by Gasteiger charge is -2.08. The van der Waals surface area contributed by atoms with E-state index in [1.165, 1.54) is 0 Å². The number of carbonyl (C=O) groups excluding carboxylic acids is 2. The lowest BCUT2D eigenvalue weighted by Crippen LogP contribution is -2.17. The van der Waals surface area contributed by atoms with Gasteiger partial charge in [-0.2, -0.15) is 0 Å². The van der Waals surface area contributed by atoms with Gasteiger partial charge in [0, 0.05) is 16.6 Å². The number of nitrogens with one attached hydrogen (secondary N) is 2. The quantitative estimate of drug-likeness (QED) is 0.479. The predicted octanol–water partition coefficient (Wildman–Crippen LogP) is 5.25. The maximum absolute atomic E-state index is 12.9. The van der Waals surface area contributed by atoms with E-state index in [1.807, 2.05) is 43.3 Å². The van der Waals surface area contributed by atoms with E-state index in [2.05, 4.69) is 10.6 Å². The number of methoxy groups -OCH3 is 1. The van der Waals surface area contributed by atoms with Crippen LogP contribution in [0.1, 0.15) is 26.5 Å². The van der Waals surface area contributed by atoms with Crippen LogP contribution in [-0.4, -0.2) is 18.9 Å². The van der Waals surface area contributed by atoms with Crippen molar-refractivity contribution in [3.05, 3.63) is 89.7 Å². The molecule has 0 atom stereocenters. The summed E-state index contributed by atoms with van der Waals surface area (Å²) in [5.41, 5.74) is 3.00. The maximum atomic E-state index is 12.9. The molecular formula is C24H20N2O4. The monoisotopic (exact) mass is 400 g/mol. The van der Waals surface area contributed by atoms with Crippen molar-refractivity contribution < 1.29 is 18.7 Å². The average molecular weight is 400 g/mol. The van der Waals surface area contributed by atoms with Crippen molar-refractivity contribution in [1.29, 1.82) is 0 Å². The van der Waals surface area contributed by atoms with Crippen molar-refractivity contribution in [3.63, 3.8) is 0 Å². The molecule has 0 unspecified atom stereocenters. The first-order valence-corrected chi connectivity index (χ1v) is 9.40. The standard InChI is InChI=1S/C24H20N2O4/c1-15-7-11-17(12-8-15)25-24(28)22-21(19-5-3-4-6-20(19)30-22)26-23(27)16-9-13-18(29-2)14-10-16/h3-14H,1-2H3,(H,25,28)(H,26,27). The van der Waals surface area contributed by atoms with E-state index in [-0.39, 0.29) is 11.7 Å². The van der Waals surface area contributed by atoms with Crippen LogP contribution in [0.2, 0.25) is 0 Å².